The highest BCUT2D eigenvalue weighted by atomic mass is 19.2. The lowest BCUT2D eigenvalue weighted by molar-refractivity contribution is -0.151. The number of nitrogens with one attached hydrogen (secondary N) is 1. The van der Waals surface area contributed by atoms with E-state index in [1.165, 1.54) is 29.0 Å². The Labute approximate surface area is 286 Å². The maximum atomic E-state index is 15.2. The number of benzene rings is 3. The van der Waals surface area contributed by atoms with Crippen LogP contribution in [-0.2, 0) is 38.6 Å². The summed E-state index contributed by atoms with van der Waals surface area (Å²) in [5.41, 5.74) is 1.00. The Kier molecular flexibility index (Phi) is 11.2. The van der Waals surface area contributed by atoms with Crippen molar-refractivity contribution < 1.29 is 37.4 Å². The highest BCUT2D eigenvalue weighted by Gasteiger charge is 2.44. The number of hydrogen-bond donors (Lipinski definition) is 1. The van der Waals surface area contributed by atoms with E-state index in [-0.39, 0.29) is 25.1 Å². The first-order valence-corrected chi connectivity index (χ1v) is 16.2. The van der Waals surface area contributed by atoms with Gasteiger partial charge >= 0.3 is 12.1 Å². The minimum atomic E-state index is -1.08. The van der Waals surface area contributed by atoms with Crippen molar-refractivity contribution in [3.05, 3.63) is 106 Å². The van der Waals surface area contributed by atoms with Gasteiger partial charge in [0.05, 0.1) is 18.7 Å². The fourth-order valence-electron chi connectivity index (χ4n) is 5.88. The van der Waals surface area contributed by atoms with E-state index in [1.807, 2.05) is 24.3 Å². The van der Waals surface area contributed by atoms with E-state index in [1.54, 1.807) is 72.7 Å². The lowest BCUT2D eigenvalue weighted by Crippen LogP contribution is -2.61. The van der Waals surface area contributed by atoms with E-state index >= 15 is 4.39 Å². The highest BCUT2D eigenvalue weighted by molar-refractivity contribution is 5.93. The summed E-state index contributed by atoms with van der Waals surface area (Å²) in [6.07, 6.45) is -0.617. The molecular weight excluding hydrogens is 632 g/mol. The Bertz CT molecular complexity index is 1700. The third-order valence-electron chi connectivity index (χ3n) is 8.50. The van der Waals surface area contributed by atoms with Crippen LogP contribution >= 0.6 is 0 Å². The van der Waals surface area contributed by atoms with Crippen LogP contribution in [0.5, 0.6) is 0 Å². The molecule has 1 N–H and O–H groups in total. The Hall–Kier alpha value is -4.80. The standard InChI is InChI=1S/C38H45F2N3O6/c1-23(28-14-11-15-29(39)31(28)40)42(21-24-16-18-25(19-17-24)35(46)48-8)33(44)30-20-26-12-9-10-13-27(26)22-43(30)34(45)32(37(2,3)4)41-36(47)49-38(5,6)7/h9-19,23,30,32H,20-22H2,1-8H3,(H,41,47). The van der Waals surface area contributed by atoms with Crippen LogP contribution in [0.4, 0.5) is 13.6 Å². The monoisotopic (exact) mass is 677 g/mol. The van der Waals surface area contributed by atoms with Gasteiger partial charge in [0.15, 0.2) is 11.6 Å². The minimum absolute atomic E-state index is 0.0345. The summed E-state index contributed by atoms with van der Waals surface area (Å²) in [5, 5.41) is 2.74. The van der Waals surface area contributed by atoms with Crippen molar-refractivity contribution in [3.8, 4) is 0 Å². The first kappa shape index (κ1) is 37.0. The molecule has 0 bridgehead atoms. The number of carbonyl (C=O) groups is 4. The number of nitrogens with zero attached hydrogens (tertiary/aromatic N) is 2. The summed E-state index contributed by atoms with van der Waals surface area (Å²) in [6.45, 7) is 12.2. The Morgan fingerprint density at radius 3 is 2.14 bits per heavy atom. The molecule has 4 rings (SSSR count). The van der Waals surface area contributed by atoms with Crippen molar-refractivity contribution in [2.75, 3.05) is 7.11 Å². The number of alkyl carbamates (subject to hydrolysis) is 1. The zero-order chi connectivity index (χ0) is 36.3. The number of hydrogen-bond acceptors (Lipinski definition) is 6. The zero-order valence-electron chi connectivity index (χ0n) is 29.3. The molecule has 9 nitrogen and oxygen atoms in total. The first-order chi connectivity index (χ1) is 22.9. The van der Waals surface area contributed by atoms with Gasteiger partial charge in [-0.1, -0.05) is 69.3 Å². The SMILES string of the molecule is COC(=O)c1ccc(CN(C(=O)C2Cc3ccccc3CN2C(=O)C(NC(=O)OC(C)(C)C)C(C)(C)C)C(C)c2cccc(F)c2F)cc1. The molecule has 0 saturated heterocycles. The quantitative estimate of drug-likeness (QED) is 0.265. The topological polar surface area (TPSA) is 105 Å². The van der Waals surface area contributed by atoms with Gasteiger partial charge in [-0.2, -0.15) is 0 Å². The van der Waals surface area contributed by atoms with Gasteiger partial charge in [0.1, 0.15) is 17.7 Å². The number of ether oxygens (including phenoxy) is 2. The van der Waals surface area contributed by atoms with Crippen molar-refractivity contribution in [3.63, 3.8) is 0 Å². The van der Waals surface area contributed by atoms with Crippen LogP contribution in [0.2, 0.25) is 0 Å². The Balaban J connectivity index is 1.79. The summed E-state index contributed by atoms with van der Waals surface area (Å²) in [5.74, 6) is -3.65. The second-order valence-corrected chi connectivity index (χ2v) is 14.4. The van der Waals surface area contributed by atoms with E-state index in [4.69, 9.17) is 9.47 Å². The van der Waals surface area contributed by atoms with E-state index in [0.717, 1.165) is 17.2 Å². The molecule has 0 aromatic heterocycles. The van der Waals surface area contributed by atoms with E-state index < -0.39 is 64.7 Å². The number of esters is 1. The normalized spacial score (nSPS) is 15.8. The number of halogens is 2. The third-order valence-corrected chi connectivity index (χ3v) is 8.50. The molecule has 11 heteroatoms. The van der Waals surface area contributed by atoms with Crippen LogP contribution in [0.3, 0.4) is 0 Å². The van der Waals surface area contributed by atoms with Crippen molar-refractivity contribution in [2.24, 2.45) is 5.41 Å². The van der Waals surface area contributed by atoms with Crippen molar-refractivity contribution in [1.82, 2.24) is 15.1 Å². The van der Waals surface area contributed by atoms with Gasteiger partial charge in [-0.25, -0.2) is 18.4 Å². The average Bonchev–Trinajstić information content (AvgIpc) is 3.04. The van der Waals surface area contributed by atoms with Gasteiger partial charge in [-0.05, 0) is 68.0 Å². The zero-order valence-corrected chi connectivity index (χ0v) is 29.3. The van der Waals surface area contributed by atoms with E-state index in [9.17, 15) is 23.6 Å². The fourth-order valence-corrected chi connectivity index (χ4v) is 5.88. The molecule has 1 aliphatic rings. The number of carbonyl (C=O) groups excluding carboxylic acids is 4. The summed E-state index contributed by atoms with van der Waals surface area (Å²) in [4.78, 5) is 57.3. The van der Waals surface area contributed by atoms with Crippen LogP contribution in [0.15, 0.2) is 66.7 Å². The maximum absolute atomic E-state index is 15.2. The molecule has 0 spiro atoms. The van der Waals surface area contributed by atoms with Gasteiger partial charge in [-0.3, -0.25) is 9.59 Å². The second kappa shape index (κ2) is 14.8. The van der Waals surface area contributed by atoms with Crippen LogP contribution in [0, 0.1) is 17.0 Å². The van der Waals surface area contributed by atoms with Gasteiger partial charge in [0, 0.05) is 25.1 Å². The van der Waals surface area contributed by atoms with Gasteiger partial charge < -0.3 is 24.6 Å². The number of fused-ring (bicyclic) bond motifs is 1. The molecule has 1 aliphatic heterocycles. The van der Waals surface area contributed by atoms with Crippen LogP contribution in [-0.4, -0.2) is 58.5 Å². The second-order valence-electron chi connectivity index (χ2n) is 14.4. The smallest absolute Gasteiger partial charge is 0.408 e. The van der Waals surface area contributed by atoms with Crippen LogP contribution < -0.4 is 5.32 Å². The lowest BCUT2D eigenvalue weighted by atomic mass is 9.84. The number of amides is 3. The number of methoxy groups -OCH3 is 1. The van der Waals surface area contributed by atoms with Gasteiger partial charge in [0.2, 0.25) is 11.8 Å². The molecule has 1 heterocycles. The molecule has 3 atom stereocenters. The first-order valence-electron chi connectivity index (χ1n) is 16.2. The average molecular weight is 678 g/mol. The summed E-state index contributed by atoms with van der Waals surface area (Å²) < 4.78 is 40.0. The highest BCUT2D eigenvalue weighted by Crippen LogP contribution is 2.33. The molecule has 3 amide bonds. The maximum Gasteiger partial charge on any atom is 0.408 e. The van der Waals surface area contributed by atoms with Crippen LogP contribution in [0.1, 0.15) is 87.1 Å². The minimum Gasteiger partial charge on any atom is -0.465 e. The Morgan fingerprint density at radius 2 is 1.55 bits per heavy atom. The molecule has 0 radical (unpaired) electrons. The molecule has 262 valence electrons. The molecule has 3 aromatic rings. The van der Waals surface area contributed by atoms with E-state index in [0.29, 0.717) is 11.1 Å². The van der Waals surface area contributed by atoms with Crippen molar-refractivity contribution in [2.45, 2.75) is 91.7 Å². The molecular formula is C38H45F2N3O6. The van der Waals surface area contributed by atoms with Gasteiger partial charge in [0.25, 0.3) is 0 Å². The molecule has 0 saturated carbocycles. The summed E-state index contributed by atoms with van der Waals surface area (Å²) in [7, 11) is 1.27. The third kappa shape index (κ3) is 8.82. The summed E-state index contributed by atoms with van der Waals surface area (Å²) in [6, 6.07) is 14.6. The number of rotatable bonds is 8. The molecule has 0 aliphatic carbocycles. The van der Waals surface area contributed by atoms with Crippen molar-refractivity contribution >= 4 is 23.9 Å². The van der Waals surface area contributed by atoms with Crippen LogP contribution in [0.25, 0.3) is 0 Å². The van der Waals surface area contributed by atoms with Crippen molar-refractivity contribution in [1.29, 1.82) is 0 Å². The largest absolute Gasteiger partial charge is 0.465 e. The molecule has 3 unspecified atom stereocenters. The summed E-state index contributed by atoms with van der Waals surface area (Å²) >= 11 is 0. The van der Waals surface area contributed by atoms with E-state index in [2.05, 4.69) is 5.32 Å². The fraction of sp³-hybridized carbons (Fsp3) is 0.421. The predicted molar refractivity (Wildman–Crippen MR) is 180 cm³/mol. The van der Waals surface area contributed by atoms with Gasteiger partial charge in [-0.15, -0.1) is 0 Å². The lowest BCUT2D eigenvalue weighted by Gasteiger charge is -2.43. The molecule has 3 aromatic carbocycles. The molecule has 0 fully saturated rings. The Morgan fingerprint density at radius 1 is 0.918 bits per heavy atom. The molecule has 49 heavy (non-hydrogen) atoms. The predicted octanol–water partition coefficient (Wildman–Crippen LogP) is 6.73.